The highest BCUT2D eigenvalue weighted by Crippen LogP contribution is 2.21. The number of hydrogen-bond donors (Lipinski definition) is 0. The van der Waals surface area contributed by atoms with Crippen molar-refractivity contribution >= 4 is 10.8 Å². The van der Waals surface area contributed by atoms with Crippen molar-refractivity contribution in [3.63, 3.8) is 0 Å². The van der Waals surface area contributed by atoms with Gasteiger partial charge < -0.3 is 4.74 Å². The monoisotopic (exact) mass is 268 g/mol. The van der Waals surface area contributed by atoms with E-state index in [0.717, 1.165) is 16.3 Å². The Morgan fingerprint density at radius 2 is 1.65 bits per heavy atom. The van der Waals surface area contributed by atoms with Crippen LogP contribution in [-0.4, -0.2) is 6.86 Å². The predicted octanol–water partition coefficient (Wildman–Crippen LogP) is 3.48. The maximum Gasteiger partial charge on any atom is 0.378 e. The molecule has 0 aliphatic rings. The van der Waals surface area contributed by atoms with Gasteiger partial charge in [0.1, 0.15) is 0 Å². The summed E-state index contributed by atoms with van der Waals surface area (Å²) in [4.78, 5) is 0. The van der Waals surface area contributed by atoms with Crippen LogP contribution in [0.2, 0.25) is 0 Å². The normalized spacial score (nSPS) is 10.7. The molecule has 3 rings (SSSR count). The van der Waals surface area contributed by atoms with E-state index in [1.54, 1.807) is 0 Å². The maximum absolute atomic E-state index is 12.7. The van der Waals surface area contributed by atoms with Crippen LogP contribution in [0.15, 0.2) is 66.9 Å². The molecule has 1 heterocycles. The average Bonchev–Trinajstić information content (AvgIpc) is 2.51. The molecule has 1 aromatic heterocycles. The Morgan fingerprint density at radius 1 is 0.900 bits per heavy atom. The Labute approximate surface area is 117 Å². The number of benzene rings is 2. The van der Waals surface area contributed by atoms with Gasteiger partial charge in [0.2, 0.25) is 6.86 Å². The Hall–Kier alpha value is -2.42. The molecular formula is C17H15FNO+. The molecule has 0 saturated carbocycles. The summed E-state index contributed by atoms with van der Waals surface area (Å²) in [5.74, 6) is 0.564. The second kappa shape index (κ2) is 5.70. The Kier molecular flexibility index (Phi) is 3.59. The lowest BCUT2D eigenvalue weighted by atomic mass is 10.1. The lowest BCUT2D eigenvalue weighted by Crippen LogP contribution is -2.36. The van der Waals surface area contributed by atoms with Crippen molar-refractivity contribution in [1.82, 2.24) is 0 Å². The van der Waals surface area contributed by atoms with Crippen molar-refractivity contribution in [2.24, 2.45) is 0 Å². The lowest BCUT2D eigenvalue weighted by molar-refractivity contribution is -0.692. The topological polar surface area (TPSA) is 13.1 Å². The van der Waals surface area contributed by atoms with E-state index < -0.39 is 6.86 Å². The molecule has 0 aliphatic heterocycles. The Morgan fingerprint density at radius 3 is 2.45 bits per heavy atom. The number of rotatable bonds is 4. The number of hydrogen-bond acceptors (Lipinski definition) is 1. The van der Waals surface area contributed by atoms with Crippen LogP contribution in [0.4, 0.5) is 4.39 Å². The summed E-state index contributed by atoms with van der Waals surface area (Å²) in [6.45, 7) is -0.177. The molecule has 0 fully saturated rings. The standard InChI is InChI=1S/C17H15FNO/c18-13-20-17-16-9-5-4-8-15(16)10-11-19(17)12-14-6-2-1-3-7-14/h1-11H,12-13H2/q+1. The molecule has 100 valence electrons. The first kappa shape index (κ1) is 12.6. The molecule has 2 aromatic carbocycles. The van der Waals surface area contributed by atoms with Crippen LogP contribution < -0.4 is 9.30 Å². The minimum absolute atomic E-state index is 0.564. The largest absolute Gasteiger partial charge is 0.412 e. The van der Waals surface area contributed by atoms with Crippen LogP contribution in [0.1, 0.15) is 5.56 Å². The number of ether oxygens (including phenoxy) is 1. The zero-order valence-electron chi connectivity index (χ0n) is 11.0. The third-order valence-corrected chi connectivity index (χ3v) is 3.27. The van der Waals surface area contributed by atoms with Crippen molar-refractivity contribution in [2.75, 3.05) is 6.86 Å². The van der Waals surface area contributed by atoms with Gasteiger partial charge in [-0.05, 0) is 11.5 Å². The van der Waals surface area contributed by atoms with Crippen LogP contribution in [0, 0.1) is 0 Å². The van der Waals surface area contributed by atoms with E-state index in [2.05, 4.69) is 0 Å². The van der Waals surface area contributed by atoms with Crippen LogP contribution in [-0.2, 0) is 6.54 Å². The van der Waals surface area contributed by atoms with Crippen LogP contribution >= 0.6 is 0 Å². The van der Waals surface area contributed by atoms with Crippen molar-refractivity contribution in [3.8, 4) is 5.88 Å². The van der Waals surface area contributed by atoms with Gasteiger partial charge in [-0.15, -0.1) is 0 Å². The summed E-state index contributed by atoms with van der Waals surface area (Å²) >= 11 is 0. The Bertz CT molecular complexity index is 713. The zero-order chi connectivity index (χ0) is 13.8. The van der Waals surface area contributed by atoms with E-state index in [9.17, 15) is 4.39 Å². The predicted molar refractivity (Wildman–Crippen MR) is 76.3 cm³/mol. The first-order valence-electron chi connectivity index (χ1n) is 6.52. The first-order chi connectivity index (χ1) is 9.88. The molecule has 3 heteroatoms. The average molecular weight is 268 g/mol. The van der Waals surface area contributed by atoms with Crippen molar-refractivity contribution < 1.29 is 13.7 Å². The number of fused-ring (bicyclic) bond motifs is 1. The van der Waals surface area contributed by atoms with E-state index in [0.29, 0.717) is 12.4 Å². The third kappa shape index (κ3) is 2.48. The molecule has 3 aromatic rings. The summed E-state index contributed by atoms with van der Waals surface area (Å²) in [6.07, 6.45) is 1.93. The van der Waals surface area contributed by atoms with Gasteiger partial charge in [-0.3, -0.25) is 0 Å². The molecule has 0 radical (unpaired) electrons. The third-order valence-electron chi connectivity index (χ3n) is 3.27. The molecule has 0 N–H and O–H groups in total. The molecule has 0 unspecified atom stereocenters. The Balaban J connectivity index is 2.08. The molecular weight excluding hydrogens is 253 g/mol. The van der Waals surface area contributed by atoms with Gasteiger partial charge in [-0.25, -0.2) is 4.39 Å². The highest BCUT2D eigenvalue weighted by Gasteiger charge is 2.17. The number of nitrogens with zero attached hydrogens (tertiary/aromatic N) is 1. The fourth-order valence-electron chi connectivity index (χ4n) is 2.35. The van der Waals surface area contributed by atoms with Gasteiger partial charge in [0.15, 0.2) is 12.7 Å². The van der Waals surface area contributed by atoms with E-state index in [1.165, 1.54) is 0 Å². The fraction of sp³-hybridized carbons (Fsp3) is 0.118. The second-order valence-corrected chi connectivity index (χ2v) is 4.58. The summed E-state index contributed by atoms with van der Waals surface area (Å²) < 4.78 is 19.8. The lowest BCUT2D eigenvalue weighted by Gasteiger charge is -2.06. The SMILES string of the molecule is FCOc1c2ccccc2cc[n+]1Cc1ccccc1. The second-order valence-electron chi connectivity index (χ2n) is 4.58. The number of aromatic nitrogens is 1. The minimum atomic E-state index is -0.831. The summed E-state index contributed by atoms with van der Waals surface area (Å²) in [5, 5.41) is 1.96. The van der Waals surface area contributed by atoms with Gasteiger partial charge in [-0.1, -0.05) is 48.5 Å². The van der Waals surface area contributed by atoms with Gasteiger partial charge >= 0.3 is 5.88 Å². The number of halogens is 1. The van der Waals surface area contributed by atoms with Gasteiger partial charge in [0.05, 0.1) is 5.39 Å². The van der Waals surface area contributed by atoms with Gasteiger partial charge in [0, 0.05) is 11.6 Å². The highest BCUT2D eigenvalue weighted by molar-refractivity contribution is 5.85. The van der Waals surface area contributed by atoms with E-state index >= 15 is 0 Å². The smallest absolute Gasteiger partial charge is 0.378 e. The molecule has 0 atom stereocenters. The summed E-state index contributed by atoms with van der Waals surface area (Å²) in [5.41, 5.74) is 1.15. The highest BCUT2D eigenvalue weighted by atomic mass is 19.1. The summed E-state index contributed by atoms with van der Waals surface area (Å²) in [6, 6.07) is 19.9. The molecule has 20 heavy (non-hydrogen) atoms. The number of pyridine rings is 1. The molecule has 0 bridgehead atoms. The fourth-order valence-corrected chi connectivity index (χ4v) is 2.35. The first-order valence-corrected chi connectivity index (χ1v) is 6.52. The van der Waals surface area contributed by atoms with Crippen LogP contribution in [0.3, 0.4) is 0 Å². The van der Waals surface area contributed by atoms with E-state index in [-0.39, 0.29) is 0 Å². The van der Waals surface area contributed by atoms with Crippen molar-refractivity contribution in [3.05, 3.63) is 72.4 Å². The molecule has 0 amide bonds. The summed E-state index contributed by atoms with van der Waals surface area (Å²) in [7, 11) is 0. The van der Waals surface area contributed by atoms with E-state index in [4.69, 9.17) is 4.74 Å². The number of alkyl halides is 1. The van der Waals surface area contributed by atoms with Crippen molar-refractivity contribution in [2.45, 2.75) is 6.54 Å². The van der Waals surface area contributed by atoms with E-state index in [1.807, 2.05) is 71.4 Å². The van der Waals surface area contributed by atoms with Gasteiger partial charge in [-0.2, -0.15) is 4.57 Å². The minimum Gasteiger partial charge on any atom is -0.412 e. The molecule has 0 spiro atoms. The van der Waals surface area contributed by atoms with Gasteiger partial charge in [0.25, 0.3) is 0 Å². The molecule has 0 aliphatic carbocycles. The molecule has 0 saturated heterocycles. The zero-order valence-corrected chi connectivity index (χ0v) is 11.0. The maximum atomic E-state index is 12.7. The van der Waals surface area contributed by atoms with Crippen molar-refractivity contribution in [1.29, 1.82) is 0 Å². The molecule has 2 nitrogen and oxygen atoms in total. The quantitative estimate of drug-likeness (QED) is 0.660. The van der Waals surface area contributed by atoms with Crippen LogP contribution in [0.5, 0.6) is 5.88 Å². The van der Waals surface area contributed by atoms with Crippen LogP contribution in [0.25, 0.3) is 10.8 Å².